The lowest BCUT2D eigenvalue weighted by Gasteiger charge is -2.38. The third-order valence-electron chi connectivity index (χ3n) is 13.9. The van der Waals surface area contributed by atoms with E-state index in [2.05, 4.69) is 0 Å². The summed E-state index contributed by atoms with van der Waals surface area (Å²) >= 11 is 0. The third-order valence-corrected chi connectivity index (χ3v) is 13.9. The van der Waals surface area contributed by atoms with E-state index in [9.17, 15) is 39.3 Å². The van der Waals surface area contributed by atoms with Gasteiger partial charge in [0.05, 0.1) is 43.2 Å². The number of rotatable bonds is 6. The maximum absolute atomic E-state index is 14.1. The predicted molar refractivity (Wildman–Crippen MR) is 246 cm³/mol. The van der Waals surface area contributed by atoms with E-state index >= 15 is 0 Å². The van der Waals surface area contributed by atoms with Gasteiger partial charge in [-0.1, -0.05) is 71.1 Å². The van der Waals surface area contributed by atoms with E-state index in [-0.39, 0.29) is 73.8 Å². The molecule has 14 atom stereocenters. The molecule has 2 fully saturated rings. The zero-order chi connectivity index (χ0) is 47.7. The first-order chi connectivity index (χ1) is 30.3. The average Bonchev–Trinajstić information content (AvgIpc) is 3.27. The summed E-state index contributed by atoms with van der Waals surface area (Å²) in [4.78, 5) is 69.8. The van der Waals surface area contributed by atoms with Crippen molar-refractivity contribution in [3.05, 3.63) is 47.6 Å². The lowest BCUT2D eigenvalue weighted by atomic mass is 9.78. The first-order valence-electron chi connectivity index (χ1n) is 23.7. The lowest BCUT2D eigenvalue weighted by molar-refractivity contribution is -0.154. The molecule has 362 valence electrons. The van der Waals surface area contributed by atoms with Crippen LogP contribution in [-0.2, 0) is 42.9 Å². The van der Waals surface area contributed by atoms with Crippen LogP contribution in [0.1, 0.15) is 126 Å². The molecular formula is C51H81NO12. The maximum Gasteiger partial charge on any atom is 0.298 e. The Morgan fingerprint density at radius 2 is 1.52 bits per heavy atom. The van der Waals surface area contributed by atoms with Gasteiger partial charge in [-0.15, -0.1) is 0 Å². The Bertz CT molecular complexity index is 1650. The molecule has 3 rings (SSSR count). The summed E-state index contributed by atoms with van der Waals surface area (Å²) in [6.07, 6.45) is 12.4. The van der Waals surface area contributed by atoms with E-state index < -0.39 is 71.8 Å². The zero-order valence-electron chi connectivity index (χ0n) is 40.4. The number of allylic oxidation sites excluding steroid dienone is 6. The molecule has 3 aliphatic rings. The van der Waals surface area contributed by atoms with Gasteiger partial charge in [0.1, 0.15) is 18.0 Å². The number of nitrogens with zero attached hydrogens (tertiary/aromatic N) is 1. The van der Waals surface area contributed by atoms with Gasteiger partial charge in [0.25, 0.3) is 11.7 Å². The molecule has 0 aromatic heterocycles. The van der Waals surface area contributed by atoms with Crippen LogP contribution in [0, 0.1) is 35.5 Å². The van der Waals surface area contributed by atoms with E-state index in [0.29, 0.717) is 50.6 Å². The van der Waals surface area contributed by atoms with Crippen molar-refractivity contribution in [1.29, 1.82) is 0 Å². The van der Waals surface area contributed by atoms with Gasteiger partial charge in [-0.05, 0) is 107 Å². The van der Waals surface area contributed by atoms with Gasteiger partial charge in [0.15, 0.2) is 5.78 Å². The number of ether oxygens (including phenoxy) is 4. The van der Waals surface area contributed by atoms with Crippen molar-refractivity contribution in [2.45, 2.75) is 174 Å². The summed E-state index contributed by atoms with van der Waals surface area (Å²) in [6.45, 7) is 13.2. The standard InChI is InChI=1S/C51H81NO12/c1-31-16-12-11-13-17-32(2)43(61-8)28-40(53)21-19-33(3)46(56)49(59)51(60)52-23-15-14-18-39(52)30-64-44(35(5)26-38-20-22-41(54)45(27-38)62-9)29-42(55)34(4)25-37(7)48(58)50(63-10)47(57)36(6)24-31/h11-13,16-17,25,31,33-36,38-41,43-45,48,50,53-54,58H,14-15,18-24,26-30H2,1-10H3/b13-11+,16-12+,32-17+,37-25+/t31-,33-,34-,35-,36-,38-,39+,40?,41-,43+,44+,45-,48-,50+/m1/s1. The van der Waals surface area contributed by atoms with Gasteiger partial charge >= 0.3 is 0 Å². The fourth-order valence-electron chi connectivity index (χ4n) is 9.58. The molecule has 1 saturated heterocycles. The number of aliphatic hydroxyl groups is 3. The van der Waals surface area contributed by atoms with Crippen molar-refractivity contribution >= 4 is 29.0 Å². The normalized spacial score (nSPS) is 38.2. The van der Waals surface area contributed by atoms with Gasteiger partial charge in [0, 0.05) is 58.5 Å². The highest BCUT2D eigenvalue weighted by Gasteiger charge is 2.38. The Kier molecular flexibility index (Phi) is 23.7. The van der Waals surface area contributed by atoms with E-state index in [1.807, 2.05) is 58.1 Å². The molecule has 0 spiro atoms. The summed E-state index contributed by atoms with van der Waals surface area (Å²) in [5.74, 6) is -4.77. The number of carbonyl (C=O) groups excluding carboxylic acids is 5. The Labute approximate surface area is 383 Å². The number of piperidine rings is 1. The summed E-state index contributed by atoms with van der Waals surface area (Å²) in [5, 5.41) is 32.8. The molecule has 0 aromatic rings. The van der Waals surface area contributed by atoms with Crippen LogP contribution in [-0.4, -0.2) is 133 Å². The Morgan fingerprint density at radius 3 is 2.19 bits per heavy atom. The molecule has 1 saturated carbocycles. The quantitative estimate of drug-likeness (QED) is 0.195. The fraction of sp³-hybridized carbons (Fsp3) is 0.745. The molecule has 2 aliphatic heterocycles. The zero-order valence-corrected chi connectivity index (χ0v) is 40.4. The Hall–Kier alpha value is -3.17. The van der Waals surface area contributed by atoms with Crippen molar-refractivity contribution < 1.29 is 58.2 Å². The van der Waals surface area contributed by atoms with Gasteiger partial charge in [-0.2, -0.15) is 0 Å². The maximum atomic E-state index is 14.1. The molecule has 0 radical (unpaired) electrons. The minimum absolute atomic E-state index is 0.0386. The van der Waals surface area contributed by atoms with Crippen LogP contribution >= 0.6 is 0 Å². The number of aliphatic hydroxyl groups excluding tert-OH is 3. The Morgan fingerprint density at radius 1 is 0.797 bits per heavy atom. The van der Waals surface area contributed by atoms with Gasteiger partial charge < -0.3 is 39.2 Å². The number of methoxy groups -OCH3 is 3. The van der Waals surface area contributed by atoms with Crippen molar-refractivity contribution in [2.24, 2.45) is 35.5 Å². The van der Waals surface area contributed by atoms with E-state index in [1.54, 1.807) is 41.1 Å². The van der Waals surface area contributed by atoms with E-state index in [4.69, 9.17) is 18.9 Å². The molecule has 2 heterocycles. The van der Waals surface area contributed by atoms with Crippen LogP contribution in [0.3, 0.4) is 0 Å². The second-order valence-electron chi connectivity index (χ2n) is 19.2. The van der Waals surface area contributed by atoms with Crippen LogP contribution in [0.25, 0.3) is 0 Å². The molecular weight excluding hydrogens is 819 g/mol. The van der Waals surface area contributed by atoms with E-state index in [0.717, 1.165) is 18.4 Å². The predicted octanol–water partition coefficient (Wildman–Crippen LogP) is 6.50. The summed E-state index contributed by atoms with van der Waals surface area (Å²) in [6, 6.07) is -0.483. The van der Waals surface area contributed by atoms with Gasteiger partial charge in [-0.25, -0.2) is 0 Å². The molecule has 1 unspecified atom stereocenters. The molecule has 0 bridgehead atoms. The van der Waals surface area contributed by atoms with Gasteiger partial charge in [-0.3, -0.25) is 24.0 Å². The number of fused-ring (bicyclic) bond motifs is 1. The fourth-order valence-corrected chi connectivity index (χ4v) is 9.58. The molecule has 13 heteroatoms. The smallest absolute Gasteiger partial charge is 0.298 e. The number of hydrogen-bond acceptors (Lipinski definition) is 12. The van der Waals surface area contributed by atoms with Crippen LogP contribution in [0.2, 0.25) is 0 Å². The van der Waals surface area contributed by atoms with Crippen molar-refractivity contribution in [3.8, 4) is 0 Å². The molecule has 3 N–H and O–H groups in total. The first-order valence-corrected chi connectivity index (χ1v) is 23.7. The van der Waals surface area contributed by atoms with Gasteiger partial charge in [0.2, 0.25) is 5.78 Å². The molecule has 0 aromatic carbocycles. The highest BCUT2D eigenvalue weighted by Crippen LogP contribution is 2.34. The van der Waals surface area contributed by atoms with Crippen LogP contribution in [0.5, 0.6) is 0 Å². The largest absolute Gasteiger partial charge is 0.393 e. The summed E-state index contributed by atoms with van der Waals surface area (Å²) < 4.78 is 23.4. The summed E-state index contributed by atoms with van der Waals surface area (Å²) in [5.41, 5.74) is 1.33. The van der Waals surface area contributed by atoms with Crippen LogP contribution in [0.4, 0.5) is 0 Å². The molecule has 1 aliphatic carbocycles. The number of ketones is 4. The van der Waals surface area contributed by atoms with Crippen LogP contribution < -0.4 is 0 Å². The third kappa shape index (κ3) is 16.6. The minimum atomic E-state index is -1.27. The highest BCUT2D eigenvalue weighted by molar-refractivity contribution is 6.63. The second kappa shape index (κ2) is 27.5. The van der Waals surface area contributed by atoms with E-state index in [1.165, 1.54) is 12.0 Å². The molecule has 1 amide bonds. The number of carbonyl (C=O) groups is 5. The molecule has 64 heavy (non-hydrogen) atoms. The van der Waals surface area contributed by atoms with Crippen molar-refractivity contribution in [1.82, 2.24) is 4.90 Å². The number of amides is 1. The van der Waals surface area contributed by atoms with Crippen LogP contribution in [0.15, 0.2) is 47.6 Å². The summed E-state index contributed by atoms with van der Waals surface area (Å²) in [7, 11) is 4.56. The minimum Gasteiger partial charge on any atom is -0.393 e. The topological polar surface area (TPSA) is 186 Å². The second-order valence-corrected chi connectivity index (χ2v) is 19.2. The molecule has 13 nitrogen and oxygen atoms in total. The highest BCUT2D eigenvalue weighted by atomic mass is 16.5. The van der Waals surface area contributed by atoms with Crippen molar-refractivity contribution in [3.63, 3.8) is 0 Å². The average molecular weight is 900 g/mol. The monoisotopic (exact) mass is 900 g/mol. The first kappa shape index (κ1) is 55.2. The SMILES string of the molecule is CO[C@H]1CC(O)CC[C@@H](C)C(=O)C(=O)C(=O)N2CCCC[C@H]2CO[C@H]([C@H](C)C[C@H]2CC[C@@H](O)[C@H](OC)C2)CC(=O)[C@H](C)/C=C(\C)[C@@H](O)[C@@H](OC)C(=O)[C@H](C)C[C@H](C)/C=C/C=C/C=C/1C. The Balaban J connectivity index is 1.94. The number of hydrogen-bond donors (Lipinski definition) is 3. The van der Waals surface area contributed by atoms with Crippen molar-refractivity contribution in [2.75, 3.05) is 34.5 Å². The lowest BCUT2D eigenvalue weighted by Crippen LogP contribution is -2.51. The number of Topliss-reactive ketones (excluding diaryl/α,β-unsaturated/α-hetero) is 4.